The van der Waals surface area contributed by atoms with Crippen molar-refractivity contribution >= 4 is 33.1 Å². The van der Waals surface area contributed by atoms with Crippen LogP contribution >= 0.6 is 11.3 Å². The number of hydrogen-bond donors (Lipinski definition) is 0. The Morgan fingerprint density at radius 2 is 2.04 bits per heavy atom. The molecule has 0 aliphatic carbocycles. The fourth-order valence-electron chi connectivity index (χ4n) is 2.87. The quantitative estimate of drug-likeness (QED) is 0.800. The zero-order chi connectivity index (χ0) is 18.0. The smallest absolute Gasteiger partial charge is 0.283 e. The van der Waals surface area contributed by atoms with Crippen LogP contribution in [0.5, 0.6) is 0 Å². The highest BCUT2D eigenvalue weighted by atomic mass is 32.2. The second-order valence-electron chi connectivity index (χ2n) is 6.01. The number of aromatic nitrogens is 1. The number of rotatable bonds is 5. The summed E-state index contributed by atoms with van der Waals surface area (Å²) in [6.07, 6.45) is 2.69. The van der Waals surface area contributed by atoms with Gasteiger partial charge in [0.15, 0.2) is 10.8 Å². The van der Waals surface area contributed by atoms with Crippen LogP contribution in [0.1, 0.15) is 33.6 Å². The van der Waals surface area contributed by atoms with E-state index in [0.29, 0.717) is 30.5 Å². The van der Waals surface area contributed by atoms with Crippen LogP contribution in [0.25, 0.3) is 0 Å². The third kappa shape index (κ3) is 3.85. The van der Waals surface area contributed by atoms with Gasteiger partial charge in [-0.05, 0) is 25.3 Å². The normalized spacial score (nSPS) is 14.2. The molecular formula is C17H21N3O3S2. The molecule has 1 aromatic carbocycles. The van der Waals surface area contributed by atoms with E-state index in [2.05, 4.69) is 4.98 Å². The van der Waals surface area contributed by atoms with Crippen LogP contribution in [0, 0.1) is 0 Å². The van der Waals surface area contributed by atoms with Gasteiger partial charge in [0.25, 0.3) is 5.91 Å². The van der Waals surface area contributed by atoms with E-state index >= 15 is 0 Å². The lowest BCUT2D eigenvalue weighted by Gasteiger charge is -2.24. The highest BCUT2D eigenvalue weighted by Crippen LogP contribution is 2.33. The summed E-state index contributed by atoms with van der Waals surface area (Å²) >= 11 is 1.31. The van der Waals surface area contributed by atoms with Gasteiger partial charge in [-0.3, -0.25) is 9.10 Å². The molecule has 3 rings (SSSR count). The SMILES string of the molecule is CCN(Cc1ccccc1)C(=O)c1nc2c(s1)CCCN2S(C)(=O)=O. The van der Waals surface area contributed by atoms with Crippen LogP contribution in [0.4, 0.5) is 5.82 Å². The molecule has 1 amide bonds. The molecule has 0 bridgehead atoms. The molecule has 134 valence electrons. The molecule has 8 heteroatoms. The molecule has 1 aromatic heterocycles. The number of aryl methyl sites for hydroxylation is 1. The highest BCUT2D eigenvalue weighted by molar-refractivity contribution is 7.92. The fraction of sp³-hybridized carbons (Fsp3) is 0.412. The molecule has 0 saturated carbocycles. The van der Waals surface area contributed by atoms with Crippen molar-refractivity contribution in [3.8, 4) is 0 Å². The van der Waals surface area contributed by atoms with Crippen LogP contribution in [0.15, 0.2) is 30.3 Å². The molecule has 2 aromatic rings. The van der Waals surface area contributed by atoms with E-state index in [0.717, 1.165) is 23.3 Å². The second kappa shape index (κ2) is 7.13. The van der Waals surface area contributed by atoms with Crippen molar-refractivity contribution in [2.24, 2.45) is 0 Å². The molecule has 6 nitrogen and oxygen atoms in total. The van der Waals surface area contributed by atoms with Gasteiger partial charge >= 0.3 is 0 Å². The van der Waals surface area contributed by atoms with E-state index in [1.807, 2.05) is 37.3 Å². The van der Waals surface area contributed by atoms with Crippen molar-refractivity contribution in [3.63, 3.8) is 0 Å². The number of amides is 1. The van der Waals surface area contributed by atoms with Gasteiger partial charge in [-0.25, -0.2) is 13.4 Å². The van der Waals surface area contributed by atoms with Gasteiger partial charge in [0, 0.05) is 19.6 Å². The Balaban J connectivity index is 1.86. The van der Waals surface area contributed by atoms with E-state index in [4.69, 9.17) is 0 Å². The second-order valence-corrected chi connectivity index (χ2v) is 9.00. The molecule has 0 atom stereocenters. The molecule has 0 N–H and O–H groups in total. The van der Waals surface area contributed by atoms with Crippen LogP contribution in [-0.2, 0) is 23.0 Å². The van der Waals surface area contributed by atoms with E-state index in [1.54, 1.807) is 4.90 Å². The van der Waals surface area contributed by atoms with Gasteiger partial charge in [-0.15, -0.1) is 11.3 Å². The molecule has 2 heterocycles. The molecule has 0 spiro atoms. The zero-order valence-electron chi connectivity index (χ0n) is 14.3. The van der Waals surface area contributed by atoms with Crippen molar-refractivity contribution in [1.29, 1.82) is 0 Å². The van der Waals surface area contributed by atoms with Crippen molar-refractivity contribution in [2.75, 3.05) is 23.7 Å². The number of nitrogens with zero attached hydrogens (tertiary/aromatic N) is 3. The van der Waals surface area contributed by atoms with Crippen LogP contribution in [0.3, 0.4) is 0 Å². The average Bonchev–Trinajstić information content (AvgIpc) is 3.03. The van der Waals surface area contributed by atoms with Gasteiger partial charge in [0.2, 0.25) is 10.0 Å². The Labute approximate surface area is 152 Å². The minimum Gasteiger partial charge on any atom is -0.333 e. The Kier molecular flexibility index (Phi) is 5.10. The Hall–Kier alpha value is -1.93. The third-order valence-electron chi connectivity index (χ3n) is 4.15. The van der Waals surface area contributed by atoms with Gasteiger partial charge in [0.1, 0.15) is 0 Å². The standard InChI is InChI=1S/C17H21N3O3S2/c1-3-19(12-13-8-5-4-6-9-13)17(21)16-18-15-14(24-16)10-7-11-20(15)25(2,22)23/h4-6,8-9H,3,7,10-12H2,1-2H3. The van der Waals surface area contributed by atoms with Crippen LogP contribution in [0.2, 0.25) is 0 Å². The minimum atomic E-state index is -3.37. The first-order valence-electron chi connectivity index (χ1n) is 8.20. The molecule has 1 aliphatic heterocycles. The molecule has 0 unspecified atom stereocenters. The number of anilines is 1. The summed E-state index contributed by atoms with van der Waals surface area (Å²) in [7, 11) is -3.37. The maximum absolute atomic E-state index is 12.9. The number of carbonyl (C=O) groups is 1. The molecule has 0 saturated heterocycles. The molecule has 25 heavy (non-hydrogen) atoms. The van der Waals surface area contributed by atoms with Crippen LogP contribution < -0.4 is 4.31 Å². The Morgan fingerprint density at radius 3 is 2.68 bits per heavy atom. The summed E-state index contributed by atoms with van der Waals surface area (Å²) in [5, 5.41) is 0.360. The van der Waals surface area contributed by atoms with Crippen molar-refractivity contribution < 1.29 is 13.2 Å². The fourth-order valence-corrected chi connectivity index (χ4v) is 4.93. The van der Waals surface area contributed by atoms with E-state index in [1.165, 1.54) is 21.9 Å². The van der Waals surface area contributed by atoms with Crippen molar-refractivity contribution in [2.45, 2.75) is 26.3 Å². The maximum atomic E-state index is 12.9. The lowest BCUT2D eigenvalue weighted by molar-refractivity contribution is 0.0752. The van der Waals surface area contributed by atoms with Gasteiger partial charge in [0.05, 0.1) is 11.1 Å². The number of fused-ring (bicyclic) bond motifs is 1. The van der Waals surface area contributed by atoms with Gasteiger partial charge in [-0.2, -0.15) is 0 Å². The first kappa shape index (κ1) is 17.9. The van der Waals surface area contributed by atoms with Gasteiger partial charge < -0.3 is 4.90 Å². The number of thiazole rings is 1. The Bertz CT molecular complexity index is 863. The highest BCUT2D eigenvalue weighted by Gasteiger charge is 2.30. The van der Waals surface area contributed by atoms with E-state index in [-0.39, 0.29) is 5.91 Å². The number of benzene rings is 1. The van der Waals surface area contributed by atoms with Crippen molar-refractivity contribution in [3.05, 3.63) is 45.8 Å². The summed E-state index contributed by atoms with van der Waals surface area (Å²) in [6, 6.07) is 9.79. The molecule has 0 radical (unpaired) electrons. The van der Waals surface area contributed by atoms with Crippen molar-refractivity contribution in [1.82, 2.24) is 9.88 Å². The summed E-state index contributed by atoms with van der Waals surface area (Å²) in [6.45, 7) is 3.42. The summed E-state index contributed by atoms with van der Waals surface area (Å²) in [4.78, 5) is 19.8. The largest absolute Gasteiger partial charge is 0.333 e. The topological polar surface area (TPSA) is 70.6 Å². The number of sulfonamides is 1. The molecule has 1 aliphatic rings. The first-order valence-corrected chi connectivity index (χ1v) is 10.9. The monoisotopic (exact) mass is 379 g/mol. The van der Waals surface area contributed by atoms with Gasteiger partial charge in [-0.1, -0.05) is 30.3 Å². The summed E-state index contributed by atoms with van der Waals surface area (Å²) in [5.41, 5.74) is 1.05. The van der Waals surface area contributed by atoms with E-state index < -0.39 is 10.0 Å². The lowest BCUT2D eigenvalue weighted by Crippen LogP contribution is -2.34. The maximum Gasteiger partial charge on any atom is 0.283 e. The van der Waals surface area contributed by atoms with E-state index in [9.17, 15) is 13.2 Å². The zero-order valence-corrected chi connectivity index (χ0v) is 15.9. The minimum absolute atomic E-state index is 0.154. The Morgan fingerprint density at radius 1 is 1.32 bits per heavy atom. The average molecular weight is 380 g/mol. The van der Waals surface area contributed by atoms with Crippen LogP contribution in [-0.4, -0.2) is 43.6 Å². The first-order chi connectivity index (χ1) is 11.9. The molecule has 0 fully saturated rings. The lowest BCUT2D eigenvalue weighted by atomic mass is 10.2. The summed E-state index contributed by atoms with van der Waals surface area (Å²) in [5.74, 6) is 0.275. The number of hydrogen-bond acceptors (Lipinski definition) is 5. The number of carbonyl (C=O) groups excluding carboxylic acids is 1. The molecular weight excluding hydrogens is 358 g/mol. The summed E-state index contributed by atoms with van der Waals surface area (Å²) < 4.78 is 25.2. The predicted octanol–water partition coefficient (Wildman–Crippen LogP) is 2.52. The third-order valence-corrected chi connectivity index (χ3v) is 6.40. The predicted molar refractivity (Wildman–Crippen MR) is 99.5 cm³/mol.